The number of carbonyl (C=O) groups is 1. The molecule has 0 saturated carbocycles. The number of nitrogens with one attached hydrogen (secondary N) is 1. The van der Waals surface area contributed by atoms with Crippen molar-refractivity contribution in [2.45, 2.75) is 31.1 Å². The average Bonchev–Trinajstić information content (AvgIpc) is 2.68. The maximum Gasteiger partial charge on any atom is 0.230 e. The molecule has 3 rings (SSSR count). The van der Waals surface area contributed by atoms with Crippen LogP contribution in [0, 0.1) is 5.82 Å². The van der Waals surface area contributed by atoms with Gasteiger partial charge in [-0.15, -0.1) is 0 Å². The van der Waals surface area contributed by atoms with E-state index in [0.29, 0.717) is 18.5 Å². The van der Waals surface area contributed by atoms with E-state index in [1.165, 1.54) is 6.07 Å². The Hall–Kier alpha value is -2.20. The Balaban J connectivity index is 1.62. The Kier molecular flexibility index (Phi) is 6.04. The van der Waals surface area contributed by atoms with Crippen LogP contribution in [-0.2, 0) is 16.6 Å². The number of piperidine rings is 1. The molecule has 26 heavy (non-hydrogen) atoms. The van der Waals surface area contributed by atoms with E-state index in [9.17, 15) is 9.18 Å². The number of likely N-dealkylation sites (tertiary alicyclic amines) is 1. The quantitative estimate of drug-likeness (QED) is 0.805. The van der Waals surface area contributed by atoms with Gasteiger partial charge in [-0.2, -0.15) is 0 Å². The molecule has 2 aromatic carbocycles. The van der Waals surface area contributed by atoms with E-state index in [0.717, 1.165) is 37.9 Å². The van der Waals surface area contributed by atoms with E-state index in [1.807, 2.05) is 24.3 Å². The number of benzene rings is 2. The lowest BCUT2D eigenvalue weighted by molar-refractivity contribution is -0.128. The van der Waals surface area contributed by atoms with Gasteiger partial charge in [0, 0.05) is 6.54 Å². The highest BCUT2D eigenvalue weighted by Gasteiger charge is 2.41. The second-order valence-corrected chi connectivity index (χ2v) is 7.20. The Morgan fingerprint density at radius 1 is 1.08 bits per heavy atom. The van der Waals surface area contributed by atoms with Crippen molar-refractivity contribution in [1.82, 2.24) is 10.2 Å². The Labute approximate surface area is 155 Å². The summed E-state index contributed by atoms with van der Waals surface area (Å²) in [6, 6.07) is 16.9. The van der Waals surface area contributed by atoms with Crippen molar-refractivity contribution >= 4 is 5.91 Å². The third kappa shape index (κ3) is 4.13. The van der Waals surface area contributed by atoms with Gasteiger partial charge in [0.15, 0.2) is 0 Å². The van der Waals surface area contributed by atoms with Gasteiger partial charge in [-0.05, 0) is 63.0 Å². The summed E-state index contributed by atoms with van der Waals surface area (Å²) in [5.41, 5.74) is 1.35. The molecule has 4 heteroatoms. The molecule has 138 valence electrons. The van der Waals surface area contributed by atoms with E-state index in [4.69, 9.17) is 0 Å². The highest BCUT2D eigenvalue weighted by Crippen LogP contribution is 2.35. The maximum atomic E-state index is 13.7. The minimum absolute atomic E-state index is 0.102. The maximum absolute atomic E-state index is 13.7. The molecule has 1 saturated heterocycles. The smallest absolute Gasteiger partial charge is 0.230 e. The van der Waals surface area contributed by atoms with Crippen LogP contribution in [0.5, 0.6) is 0 Å². The second-order valence-electron chi connectivity index (χ2n) is 7.20. The lowest BCUT2D eigenvalue weighted by Crippen LogP contribution is -2.51. The normalized spacial score (nSPS) is 17.0. The molecule has 1 aliphatic heterocycles. The van der Waals surface area contributed by atoms with E-state index < -0.39 is 5.41 Å². The fourth-order valence-corrected chi connectivity index (χ4v) is 3.76. The lowest BCUT2D eigenvalue weighted by atomic mass is 9.72. The first kappa shape index (κ1) is 18.6. The molecule has 1 aliphatic rings. The first-order chi connectivity index (χ1) is 12.6. The topological polar surface area (TPSA) is 32.3 Å². The lowest BCUT2D eigenvalue weighted by Gasteiger charge is -2.39. The van der Waals surface area contributed by atoms with Crippen molar-refractivity contribution < 1.29 is 9.18 Å². The summed E-state index contributed by atoms with van der Waals surface area (Å²) in [4.78, 5) is 15.4. The third-order valence-corrected chi connectivity index (χ3v) is 5.47. The summed E-state index contributed by atoms with van der Waals surface area (Å²) in [6.45, 7) is 2.40. The third-order valence-electron chi connectivity index (χ3n) is 5.47. The van der Waals surface area contributed by atoms with E-state index in [1.54, 1.807) is 12.1 Å². The van der Waals surface area contributed by atoms with E-state index in [2.05, 4.69) is 29.4 Å². The van der Waals surface area contributed by atoms with Crippen LogP contribution in [0.2, 0.25) is 0 Å². The molecule has 1 N–H and O–H groups in total. The number of nitrogens with zero attached hydrogens (tertiary/aromatic N) is 1. The summed E-state index contributed by atoms with van der Waals surface area (Å²) in [6.07, 6.45) is 3.02. The van der Waals surface area contributed by atoms with Crippen LogP contribution in [0.25, 0.3) is 0 Å². The van der Waals surface area contributed by atoms with E-state index in [-0.39, 0.29) is 11.7 Å². The molecule has 1 amide bonds. The predicted molar refractivity (Wildman–Crippen MR) is 103 cm³/mol. The van der Waals surface area contributed by atoms with Gasteiger partial charge in [0.2, 0.25) is 5.91 Å². The van der Waals surface area contributed by atoms with E-state index >= 15 is 0 Å². The zero-order valence-electron chi connectivity index (χ0n) is 15.4. The van der Waals surface area contributed by atoms with Gasteiger partial charge in [0.1, 0.15) is 5.82 Å². The summed E-state index contributed by atoms with van der Waals surface area (Å²) in [5.74, 6) is -0.0692. The molecule has 0 spiro atoms. The fraction of sp³-hybridized carbons (Fsp3) is 0.409. The van der Waals surface area contributed by atoms with Crippen molar-refractivity contribution in [3.63, 3.8) is 0 Å². The van der Waals surface area contributed by atoms with Gasteiger partial charge in [-0.25, -0.2) is 4.39 Å². The summed E-state index contributed by atoms with van der Waals surface area (Å²) < 4.78 is 13.7. The summed E-state index contributed by atoms with van der Waals surface area (Å²) in [5, 5.41) is 3.12. The van der Waals surface area contributed by atoms with Crippen LogP contribution in [-0.4, -0.2) is 37.5 Å². The second kappa shape index (κ2) is 8.45. The van der Waals surface area contributed by atoms with Crippen molar-refractivity contribution in [1.29, 1.82) is 0 Å². The fourth-order valence-electron chi connectivity index (χ4n) is 3.76. The Morgan fingerprint density at radius 3 is 2.42 bits per heavy atom. The van der Waals surface area contributed by atoms with Gasteiger partial charge in [0.05, 0.1) is 5.41 Å². The van der Waals surface area contributed by atoms with Crippen molar-refractivity contribution in [3.8, 4) is 0 Å². The molecule has 3 nitrogen and oxygen atoms in total. The molecule has 0 aromatic heterocycles. The first-order valence-electron chi connectivity index (χ1n) is 9.38. The monoisotopic (exact) mass is 354 g/mol. The molecule has 0 bridgehead atoms. The van der Waals surface area contributed by atoms with Crippen LogP contribution in [0.15, 0.2) is 54.6 Å². The molecule has 1 fully saturated rings. The van der Waals surface area contributed by atoms with Crippen molar-refractivity contribution in [2.75, 3.05) is 26.7 Å². The number of carbonyl (C=O) groups excluding carboxylic acids is 1. The Morgan fingerprint density at radius 2 is 1.73 bits per heavy atom. The first-order valence-corrected chi connectivity index (χ1v) is 9.38. The number of halogens is 1. The zero-order valence-corrected chi connectivity index (χ0v) is 15.4. The van der Waals surface area contributed by atoms with Gasteiger partial charge < -0.3 is 10.2 Å². The molecule has 0 radical (unpaired) electrons. The molecule has 2 aromatic rings. The van der Waals surface area contributed by atoms with Crippen molar-refractivity contribution in [3.05, 3.63) is 71.5 Å². The summed E-state index contributed by atoms with van der Waals surface area (Å²) >= 11 is 0. The predicted octanol–water partition coefficient (Wildman–Crippen LogP) is 3.54. The zero-order chi connectivity index (χ0) is 18.4. The van der Waals surface area contributed by atoms with Gasteiger partial charge in [0.25, 0.3) is 0 Å². The standard InChI is InChI=1S/C22H27FN2O/c1-25-16-13-22(14-17-25,19-10-3-2-4-11-19)21(26)24-15-7-9-18-8-5-6-12-20(18)23/h2-6,8,10-12H,7,9,13-17H2,1H3,(H,24,26). The molecule has 0 unspecified atom stereocenters. The minimum atomic E-state index is -0.453. The number of amides is 1. The summed E-state index contributed by atoms with van der Waals surface area (Å²) in [7, 11) is 2.10. The largest absolute Gasteiger partial charge is 0.355 e. The molecular weight excluding hydrogens is 327 g/mol. The highest BCUT2D eigenvalue weighted by molar-refractivity contribution is 5.88. The van der Waals surface area contributed by atoms with Crippen molar-refractivity contribution in [2.24, 2.45) is 0 Å². The molecular formula is C22H27FN2O. The van der Waals surface area contributed by atoms with Crippen LogP contribution >= 0.6 is 0 Å². The molecule has 0 aliphatic carbocycles. The average molecular weight is 354 g/mol. The van der Waals surface area contributed by atoms with Crippen LogP contribution < -0.4 is 5.32 Å². The van der Waals surface area contributed by atoms with Crippen LogP contribution in [0.3, 0.4) is 0 Å². The van der Waals surface area contributed by atoms with Gasteiger partial charge in [-0.1, -0.05) is 48.5 Å². The van der Waals surface area contributed by atoms with Gasteiger partial charge in [-0.3, -0.25) is 4.79 Å². The number of aryl methyl sites for hydroxylation is 1. The Bertz CT molecular complexity index is 724. The number of hydrogen-bond acceptors (Lipinski definition) is 2. The number of hydrogen-bond donors (Lipinski definition) is 1. The minimum Gasteiger partial charge on any atom is -0.355 e. The molecule has 0 atom stereocenters. The SMILES string of the molecule is CN1CCC(C(=O)NCCCc2ccccc2F)(c2ccccc2)CC1. The van der Waals surface area contributed by atoms with Gasteiger partial charge >= 0.3 is 0 Å². The van der Waals surface area contributed by atoms with Crippen LogP contribution in [0.1, 0.15) is 30.4 Å². The molecule has 1 heterocycles. The van der Waals surface area contributed by atoms with Crippen LogP contribution in [0.4, 0.5) is 4.39 Å². The number of rotatable bonds is 6. The highest BCUT2D eigenvalue weighted by atomic mass is 19.1.